The van der Waals surface area contributed by atoms with Crippen LogP contribution in [0.15, 0.2) is 24.3 Å². The predicted octanol–water partition coefficient (Wildman–Crippen LogP) is 3.63. The fourth-order valence-electron chi connectivity index (χ4n) is 1.90. The summed E-state index contributed by atoms with van der Waals surface area (Å²) in [6, 6.07) is 4.83. The van der Waals surface area contributed by atoms with Gasteiger partial charge in [-0.05, 0) is 29.7 Å². The van der Waals surface area contributed by atoms with Crippen molar-refractivity contribution in [3.05, 3.63) is 35.4 Å². The van der Waals surface area contributed by atoms with Crippen LogP contribution in [0.5, 0.6) is 0 Å². The van der Waals surface area contributed by atoms with Gasteiger partial charge in [-0.3, -0.25) is 4.79 Å². The molecule has 0 spiro atoms. The molecule has 0 heterocycles. The summed E-state index contributed by atoms with van der Waals surface area (Å²) in [5.41, 5.74) is -1.11. The lowest BCUT2D eigenvalue weighted by molar-refractivity contribution is -0.139. The standard InChI is InChI=1S/C16H22F3NO2S/c1-11(2)7-8-23-10-15(22)20-9-14(21)12-5-3-4-6-13(12)16(17,18)19/h3-6,11,14,21H,7-10H2,1-2H3,(H,20,22). The third-order valence-corrected chi connectivity index (χ3v) is 4.18. The summed E-state index contributed by atoms with van der Waals surface area (Å²) in [7, 11) is 0. The number of carbonyl (C=O) groups is 1. The number of carbonyl (C=O) groups excluding carboxylic acids is 1. The number of hydrogen-bond acceptors (Lipinski definition) is 3. The number of benzene rings is 1. The monoisotopic (exact) mass is 349 g/mol. The fourth-order valence-corrected chi connectivity index (χ4v) is 2.97. The minimum Gasteiger partial charge on any atom is -0.387 e. The third-order valence-electron chi connectivity index (χ3n) is 3.19. The molecule has 1 amide bonds. The first kappa shape index (κ1) is 19.8. The Bertz CT molecular complexity index is 506. The maximum atomic E-state index is 12.9. The molecule has 2 N–H and O–H groups in total. The van der Waals surface area contributed by atoms with Crippen molar-refractivity contribution in [1.29, 1.82) is 0 Å². The highest BCUT2D eigenvalue weighted by Gasteiger charge is 2.34. The van der Waals surface area contributed by atoms with Crippen LogP contribution in [0, 0.1) is 5.92 Å². The van der Waals surface area contributed by atoms with Crippen LogP contribution in [0.1, 0.15) is 37.5 Å². The van der Waals surface area contributed by atoms with E-state index >= 15 is 0 Å². The number of nitrogens with one attached hydrogen (secondary N) is 1. The Kier molecular flexibility index (Phi) is 7.91. The second-order valence-electron chi connectivity index (χ2n) is 5.64. The van der Waals surface area contributed by atoms with Crippen LogP contribution < -0.4 is 5.32 Å². The Labute approximate surface area is 138 Å². The molecule has 7 heteroatoms. The Morgan fingerprint density at radius 3 is 2.57 bits per heavy atom. The molecule has 0 aliphatic carbocycles. The Morgan fingerprint density at radius 1 is 1.30 bits per heavy atom. The van der Waals surface area contributed by atoms with Crippen molar-refractivity contribution in [2.75, 3.05) is 18.1 Å². The van der Waals surface area contributed by atoms with E-state index in [9.17, 15) is 23.1 Å². The number of hydrogen-bond donors (Lipinski definition) is 2. The zero-order chi connectivity index (χ0) is 17.5. The molecule has 3 nitrogen and oxygen atoms in total. The highest BCUT2D eigenvalue weighted by molar-refractivity contribution is 7.99. The summed E-state index contributed by atoms with van der Waals surface area (Å²) in [4.78, 5) is 11.6. The molecule has 23 heavy (non-hydrogen) atoms. The molecule has 0 bridgehead atoms. The maximum Gasteiger partial charge on any atom is 0.416 e. The summed E-state index contributed by atoms with van der Waals surface area (Å²) in [6.45, 7) is 3.95. The van der Waals surface area contributed by atoms with E-state index in [2.05, 4.69) is 19.2 Å². The molecule has 0 aliphatic heterocycles. The minimum atomic E-state index is -4.53. The summed E-state index contributed by atoms with van der Waals surface area (Å²) in [5.74, 6) is 1.36. The van der Waals surface area contributed by atoms with Crippen molar-refractivity contribution in [2.45, 2.75) is 32.5 Å². The van der Waals surface area contributed by atoms with Gasteiger partial charge in [0, 0.05) is 6.54 Å². The smallest absolute Gasteiger partial charge is 0.387 e. The first-order chi connectivity index (χ1) is 10.7. The lowest BCUT2D eigenvalue weighted by Crippen LogP contribution is -2.30. The molecular weight excluding hydrogens is 327 g/mol. The highest BCUT2D eigenvalue weighted by atomic mass is 32.2. The topological polar surface area (TPSA) is 49.3 Å². The zero-order valence-corrected chi connectivity index (χ0v) is 14.0. The van der Waals surface area contributed by atoms with E-state index in [0.717, 1.165) is 18.2 Å². The predicted molar refractivity (Wildman–Crippen MR) is 86.2 cm³/mol. The highest BCUT2D eigenvalue weighted by Crippen LogP contribution is 2.34. The molecule has 0 saturated heterocycles. The molecule has 1 aromatic carbocycles. The number of halogens is 3. The molecule has 0 aromatic heterocycles. The summed E-state index contributed by atoms with van der Waals surface area (Å²) in [6.07, 6.45) is -4.93. The molecular formula is C16H22F3NO2S. The number of aliphatic hydroxyl groups excluding tert-OH is 1. The van der Waals surface area contributed by atoms with Gasteiger partial charge < -0.3 is 10.4 Å². The van der Waals surface area contributed by atoms with Crippen LogP contribution in [-0.4, -0.2) is 29.1 Å². The number of thioether (sulfide) groups is 1. The first-order valence-corrected chi connectivity index (χ1v) is 8.56. The van der Waals surface area contributed by atoms with Crippen LogP contribution in [0.2, 0.25) is 0 Å². The van der Waals surface area contributed by atoms with Gasteiger partial charge in [0.2, 0.25) is 5.91 Å². The second kappa shape index (κ2) is 9.17. The molecule has 1 unspecified atom stereocenters. The number of alkyl halides is 3. The number of aliphatic hydroxyl groups is 1. The quantitative estimate of drug-likeness (QED) is 0.705. The van der Waals surface area contributed by atoms with Crippen molar-refractivity contribution in [1.82, 2.24) is 5.32 Å². The summed E-state index contributed by atoms with van der Waals surface area (Å²) < 4.78 is 38.6. The van der Waals surface area contributed by atoms with Crippen LogP contribution in [0.3, 0.4) is 0 Å². The molecule has 0 aliphatic rings. The van der Waals surface area contributed by atoms with E-state index in [1.165, 1.54) is 30.0 Å². The molecule has 0 radical (unpaired) electrons. The third kappa shape index (κ3) is 7.26. The Balaban J connectivity index is 2.48. The van der Waals surface area contributed by atoms with Crippen molar-refractivity contribution in [2.24, 2.45) is 5.92 Å². The SMILES string of the molecule is CC(C)CCSCC(=O)NCC(O)c1ccccc1C(F)(F)F. The molecule has 1 aromatic rings. The Hall–Kier alpha value is -1.21. The van der Waals surface area contributed by atoms with E-state index < -0.39 is 17.8 Å². The zero-order valence-electron chi connectivity index (χ0n) is 13.2. The fraction of sp³-hybridized carbons (Fsp3) is 0.562. The van der Waals surface area contributed by atoms with Gasteiger partial charge in [0.15, 0.2) is 0 Å². The van der Waals surface area contributed by atoms with Gasteiger partial charge in [-0.15, -0.1) is 0 Å². The number of amides is 1. The van der Waals surface area contributed by atoms with Crippen LogP contribution in [0.4, 0.5) is 13.2 Å². The second-order valence-corrected chi connectivity index (χ2v) is 6.75. The van der Waals surface area contributed by atoms with Gasteiger partial charge in [-0.1, -0.05) is 32.0 Å². The van der Waals surface area contributed by atoms with Crippen LogP contribution >= 0.6 is 11.8 Å². The lowest BCUT2D eigenvalue weighted by Gasteiger charge is -2.17. The van der Waals surface area contributed by atoms with E-state index in [4.69, 9.17) is 0 Å². The van der Waals surface area contributed by atoms with Gasteiger partial charge >= 0.3 is 6.18 Å². The van der Waals surface area contributed by atoms with Crippen molar-refractivity contribution < 1.29 is 23.1 Å². The van der Waals surface area contributed by atoms with Gasteiger partial charge in [0.1, 0.15) is 0 Å². The normalized spacial score (nSPS) is 13.2. The first-order valence-electron chi connectivity index (χ1n) is 7.40. The Morgan fingerprint density at radius 2 is 1.96 bits per heavy atom. The van der Waals surface area contributed by atoms with Gasteiger partial charge in [-0.25, -0.2) is 0 Å². The largest absolute Gasteiger partial charge is 0.416 e. The van der Waals surface area contributed by atoms with Crippen LogP contribution in [0.25, 0.3) is 0 Å². The van der Waals surface area contributed by atoms with Crippen LogP contribution in [-0.2, 0) is 11.0 Å². The minimum absolute atomic E-state index is 0.229. The lowest BCUT2D eigenvalue weighted by atomic mass is 10.0. The summed E-state index contributed by atoms with van der Waals surface area (Å²) >= 11 is 1.47. The molecule has 130 valence electrons. The van der Waals surface area contributed by atoms with Gasteiger partial charge in [0.25, 0.3) is 0 Å². The molecule has 1 rings (SSSR count). The molecule has 0 saturated carbocycles. The van der Waals surface area contributed by atoms with E-state index in [-0.39, 0.29) is 23.8 Å². The summed E-state index contributed by atoms with van der Waals surface area (Å²) in [5, 5.41) is 12.4. The van der Waals surface area contributed by atoms with Crippen molar-refractivity contribution >= 4 is 17.7 Å². The van der Waals surface area contributed by atoms with Crippen molar-refractivity contribution in [3.63, 3.8) is 0 Å². The van der Waals surface area contributed by atoms with E-state index in [1.807, 2.05) is 0 Å². The van der Waals surface area contributed by atoms with E-state index in [1.54, 1.807) is 0 Å². The van der Waals surface area contributed by atoms with Gasteiger partial charge in [-0.2, -0.15) is 24.9 Å². The van der Waals surface area contributed by atoms with Gasteiger partial charge in [0.05, 0.1) is 17.4 Å². The molecule has 1 atom stereocenters. The average molecular weight is 349 g/mol. The number of rotatable bonds is 8. The average Bonchev–Trinajstić information content (AvgIpc) is 2.48. The maximum absolute atomic E-state index is 12.9. The van der Waals surface area contributed by atoms with Crippen molar-refractivity contribution in [3.8, 4) is 0 Å². The molecule has 0 fully saturated rings. The van der Waals surface area contributed by atoms with E-state index in [0.29, 0.717) is 5.92 Å².